The van der Waals surface area contributed by atoms with Crippen LogP contribution in [0.15, 0.2) is 72.3 Å². The number of likely N-dealkylation sites (tertiary alicyclic amines) is 1. The fourth-order valence-electron chi connectivity index (χ4n) is 5.13. The van der Waals surface area contributed by atoms with E-state index >= 15 is 0 Å². The van der Waals surface area contributed by atoms with E-state index in [1.165, 1.54) is 4.90 Å². The van der Waals surface area contributed by atoms with Crippen molar-refractivity contribution in [3.63, 3.8) is 0 Å². The van der Waals surface area contributed by atoms with E-state index < -0.39 is 17.7 Å². The topological polar surface area (TPSA) is 94.5 Å². The van der Waals surface area contributed by atoms with E-state index in [1.807, 2.05) is 43.3 Å². The van der Waals surface area contributed by atoms with Gasteiger partial charge >= 0.3 is 0 Å². The van der Waals surface area contributed by atoms with Gasteiger partial charge in [0.25, 0.3) is 11.7 Å². The molecule has 1 N–H and O–H groups in total. The number of benzene rings is 3. The standard InChI is InChI=1S/C33H35NO7/c1-3-5-9-16-39-25-14-12-23(19-27(25)38-4-2)30-29(31(35)24-13-15-26-28(20-24)41-18-17-40-26)32(36)33(37)34(30)21-22-10-7-6-8-11-22/h6-8,10-15,19-20,30,35H,3-5,9,16-18,21H2,1-2H3/b31-29+/t30-/m0/s1. The van der Waals surface area contributed by atoms with Crippen molar-refractivity contribution in [1.82, 2.24) is 4.90 Å². The molecule has 2 aliphatic rings. The predicted octanol–water partition coefficient (Wildman–Crippen LogP) is 6.05. The molecule has 1 fully saturated rings. The molecular formula is C33H35NO7. The number of amides is 1. The van der Waals surface area contributed by atoms with Crippen LogP contribution in [-0.4, -0.2) is 48.1 Å². The minimum atomic E-state index is -0.850. The predicted molar refractivity (Wildman–Crippen MR) is 154 cm³/mol. The van der Waals surface area contributed by atoms with Crippen molar-refractivity contribution in [1.29, 1.82) is 0 Å². The first-order valence-electron chi connectivity index (χ1n) is 14.1. The van der Waals surface area contributed by atoms with Gasteiger partial charge in [-0.1, -0.05) is 56.2 Å². The van der Waals surface area contributed by atoms with E-state index in [9.17, 15) is 14.7 Å². The molecule has 1 amide bonds. The summed E-state index contributed by atoms with van der Waals surface area (Å²) in [6.45, 7) is 6.00. The second kappa shape index (κ2) is 12.8. The lowest BCUT2D eigenvalue weighted by molar-refractivity contribution is -0.140. The van der Waals surface area contributed by atoms with Gasteiger partial charge in [-0.2, -0.15) is 0 Å². The first-order valence-corrected chi connectivity index (χ1v) is 14.1. The average Bonchev–Trinajstić information content (AvgIpc) is 3.25. The van der Waals surface area contributed by atoms with Crippen LogP contribution in [-0.2, 0) is 16.1 Å². The van der Waals surface area contributed by atoms with Crippen LogP contribution in [0.5, 0.6) is 23.0 Å². The molecule has 0 radical (unpaired) electrons. The molecular weight excluding hydrogens is 522 g/mol. The van der Waals surface area contributed by atoms with Crippen LogP contribution < -0.4 is 18.9 Å². The smallest absolute Gasteiger partial charge is 0.295 e. The fraction of sp³-hybridized carbons (Fsp3) is 0.333. The zero-order valence-corrected chi connectivity index (χ0v) is 23.4. The van der Waals surface area contributed by atoms with Crippen LogP contribution in [0, 0.1) is 0 Å². The summed E-state index contributed by atoms with van der Waals surface area (Å²) >= 11 is 0. The highest BCUT2D eigenvalue weighted by atomic mass is 16.6. The van der Waals surface area contributed by atoms with E-state index in [2.05, 4.69) is 6.92 Å². The number of fused-ring (bicyclic) bond motifs is 1. The number of ketones is 1. The molecule has 1 atom stereocenters. The first kappa shape index (κ1) is 28.1. The molecule has 41 heavy (non-hydrogen) atoms. The molecule has 3 aromatic carbocycles. The zero-order valence-electron chi connectivity index (χ0n) is 23.4. The zero-order chi connectivity index (χ0) is 28.8. The maximum absolute atomic E-state index is 13.6. The number of unbranched alkanes of at least 4 members (excludes halogenated alkanes) is 2. The Hall–Kier alpha value is -4.46. The van der Waals surface area contributed by atoms with Gasteiger partial charge in [-0.3, -0.25) is 9.59 Å². The SMILES string of the molecule is CCCCCOc1ccc([C@H]2/C(=C(\O)c3ccc4c(c3)OCCO4)C(=O)C(=O)N2Cc2ccccc2)cc1OCC. The number of hydrogen-bond donors (Lipinski definition) is 1. The van der Waals surface area contributed by atoms with E-state index in [-0.39, 0.29) is 17.9 Å². The third-order valence-corrected chi connectivity index (χ3v) is 7.14. The Bertz CT molecular complexity index is 1430. The maximum Gasteiger partial charge on any atom is 0.295 e. The summed E-state index contributed by atoms with van der Waals surface area (Å²) in [5.74, 6) is 0.429. The minimum absolute atomic E-state index is 0.00155. The van der Waals surface area contributed by atoms with Crippen LogP contribution in [0.3, 0.4) is 0 Å². The number of nitrogens with zero attached hydrogens (tertiary/aromatic N) is 1. The Balaban J connectivity index is 1.59. The lowest BCUT2D eigenvalue weighted by Crippen LogP contribution is -2.29. The van der Waals surface area contributed by atoms with Gasteiger partial charge in [0.05, 0.1) is 24.8 Å². The average molecular weight is 558 g/mol. The highest BCUT2D eigenvalue weighted by Crippen LogP contribution is 2.43. The van der Waals surface area contributed by atoms with Gasteiger partial charge in [-0.25, -0.2) is 0 Å². The van der Waals surface area contributed by atoms with Crippen molar-refractivity contribution >= 4 is 17.4 Å². The second-order valence-corrected chi connectivity index (χ2v) is 9.97. The Kier molecular flexibility index (Phi) is 8.77. The highest BCUT2D eigenvalue weighted by molar-refractivity contribution is 6.46. The first-order chi connectivity index (χ1) is 20.0. The molecule has 2 aliphatic heterocycles. The van der Waals surface area contributed by atoms with Crippen molar-refractivity contribution in [2.45, 2.75) is 45.7 Å². The summed E-state index contributed by atoms with van der Waals surface area (Å²) in [5.41, 5.74) is 1.85. The monoisotopic (exact) mass is 557 g/mol. The van der Waals surface area contributed by atoms with Crippen molar-refractivity contribution in [3.05, 3.63) is 89.0 Å². The Morgan fingerprint density at radius 3 is 2.44 bits per heavy atom. The Morgan fingerprint density at radius 1 is 0.902 bits per heavy atom. The van der Waals surface area contributed by atoms with Crippen molar-refractivity contribution in [2.75, 3.05) is 26.4 Å². The molecule has 0 bridgehead atoms. The van der Waals surface area contributed by atoms with Crippen molar-refractivity contribution < 1.29 is 33.6 Å². The van der Waals surface area contributed by atoms with Gasteiger partial charge in [0.2, 0.25) is 0 Å². The fourth-order valence-corrected chi connectivity index (χ4v) is 5.13. The van der Waals surface area contributed by atoms with Gasteiger partial charge in [0, 0.05) is 12.1 Å². The van der Waals surface area contributed by atoms with Crippen LogP contribution in [0.4, 0.5) is 0 Å². The lowest BCUT2D eigenvalue weighted by atomic mass is 9.94. The van der Waals surface area contributed by atoms with E-state index in [1.54, 1.807) is 30.3 Å². The third kappa shape index (κ3) is 6.01. The van der Waals surface area contributed by atoms with Crippen LogP contribution >= 0.6 is 0 Å². The number of ether oxygens (including phenoxy) is 4. The normalized spacial score (nSPS) is 17.5. The number of aliphatic hydroxyl groups is 1. The molecule has 214 valence electrons. The highest BCUT2D eigenvalue weighted by Gasteiger charge is 2.46. The molecule has 8 heteroatoms. The molecule has 8 nitrogen and oxygen atoms in total. The summed E-state index contributed by atoms with van der Waals surface area (Å²) < 4.78 is 23.2. The lowest BCUT2D eigenvalue weighted by Gasteiger charge is -2.26. The molecule has 1 saturated heterocycles. The van der Waals surface area contributed by atoms with Gasteiger partial charge in [-0.05, 0) is 54.8 Å². The summed E-state index contributed by atoms with van der Waals surface area (Å²) in [6.07, 6.45) is 3.08. The number of carbonyl (C=O) groups excluding carboxylic acids is 2. The second-order valence-electron chi connectivity index (χ2n) is 9.97. The molecule has 0 aliphatic carbocycles. The number of carbonyl (C=O) groups is 2. The number of hydrogen-bond acceptors (Lipinski definition) is 7. The molecule has 0 unspecified atom stereocenters. The quantitative estimate of drug-likeness (QED) is 0.133. The molecule has 2 heterocycles. The van der Waals surface area contributed by atoms with Crippen molar-refractivity contribution in [2.24, 2.45) is 0 Å². The Morgan fingerprint density at radius 2 is 1.68 bits per heavy atom. The van der Waals surface area contributed by atoms with E-state index in [4.69, 9.17) is 18.9 Å². The van der Waals surface area contributed by atoms with Gasteiger partial charge in [-0.15, -0.1) is 0 Å². The van der Waals surface area contributed by atoms with Crippen LogP contribution in [0.2, 0.25) is 0 Å². The largest absolute Gasteiger partial charge is 0.507 e. The number of Topliss-reactive ketones (excluding diaryl/α,β-unsaturated/α-hetero) is 1. The van der Waals surface area contributed by atoms with Crippen LogP contribution in [0.1, 0.15) is 55.8 Å². The van der Waals surface area contributed by atoms with E-state index in [0.29, 0.717) is 60.6 Å². The number of rotatable bonds is 11. The van der Waals surface area contributed by atoms with E-state index in [0.717, 1.165) is 24.8 Å². The summed E-state index contributed by atoms with van der Waals surface area (Å²) in [7, 11) is 0. The molecule has 0 spiro atoms. The van der Waals surface area contributed by atoms with Gasteiger partial charge in [0.15, 0.2) is 23.0 Å². The summed E-state index contributed by atoms with van der Waals surface area (Å²) in [4.78, 5) is 28.5. The molecule has 3 aromatic rings. The third-order valence-electron chi connectivity index (χ3n) is 7.14. The minimum Gasteiger partial charge on any atom is -0.507 e. The van der Waals surface area contributed by atoms with Crippen molar-refractivity contribution in [3.8, 4) is 23.0 Å². The molecule has 5 rings (SSSR count). The van der Waals surface area contributed by atoms with Crippen LogP contribution in [0.25, 0.3) is 5.76 Å². The number of aliphatic hydroxyl groups excluding tert-OH is 1. The maximum atomic E-state index is 13.6. The Labute approximate surface area is 240 Å². The molecule has 0 aromatic heterocycles. The summed E-state index contributed by atoms with van der Waals surface area (Å²) in [6, 6.07) is 19.0. The summed E-state index contributed by atoms with van der Waals surface area (Å²) in [5, 5.41) is 11.5. The van der Waals surface area contributed by atoms with Gasteiger partial charge < -0.3 is 29.0 Å². The molecule has 0 saturated carbocycles. The van der Waals surface area contributed by atoms with Gasteiger partial charge in [0.1, 0.15) is 19.0 Å².